The highest BCUT2D eigenvalue weighted by Crippen LogP contribution is 2.25. The fourth-order valence-electron chi connectivity index (χ4n) is 4.47. The van der Waals surface area contributed by atoms with Gasteiger partial charge in [-0.1, -0.05) is 102 Å². The summed E-state index contributed by atoms with van der Waals surface area (Å²) >= 11 is 0. The van der Waals surface area contributed by atoms with Crippen LogP contribution < -0.4 is 9.47 Å². The minimum Gasteiger partial charge on any atom is -0.494 e. The summed E-state index contributed by atoms with van der Waals surface area (Å²) in [5.74, 6) is 0.933. The van der Waals surface area contributed by atoms with Crippen LogP contribution in [0.25, 0.3) is 11.1 Å². The van der Waals surface area contributed by atoms with Crippen LogP contribution in [0.3, 0.4) is 0 Å². The molecule has 210 valence electrons. The van der Waals surface area contributed by atoms with Crippen LogP contribution >= 0.6 is 0 Å². The number of carbonyl (C=O) groups is 1. The summed E-state index contributed by atoms with van der Waals surface area (Å²) in [5.41, 5.74) is 3.85. The summed E-state index contributed by atoms with van der Waals surface area (Å²) in [6.45, 7) is 8.07. The summed E-state index contributed by atoms with van der Waals surface area (Å²) in [5, 5.41) is 0. The van der Waals surface area contributed by atoms with Crippen LogP contribution in [0.15, 0.2) is 72.8 Å². The lowest BCUT2D eigenvalue weighted by molar-refractivity contribution is 0.0628. The molecule has 0 aliphatic carbocycles. The van der Waals surface area contributed by atoms with Crippen molar-refractivity contribution in [3.8, 4) is 22.6 Å². The zero-order valence-corrected chi connectivity index (χ0v) is 24.1. The average Bonchev–Trinajstić information content (AvgIpc) is 2.97. The van der Waals surface area contributed by atoms with Crippen molar-refractivity contribution < 1.29 is 19.0 Å². The third kappa shape index (κ3) is 10.9. The lowest BCUT2D eigenvalue weighted by atomic mass is 10.0. The van der Waals surface area contributed by atoms with Gasteiger partial charge in [-0.3, -0.25) is 0 Å². The van der Waals surface area contributed by atoms with E-state index >= 15 is 0 Å². The molecule has 0 saturated carbocycles. The Balaban J connectivity index is 1.44. The van der Waals surface area contributed by atoms with Crippen LogP contribution in [0.1, 0.15) is 107 Å². The van der Waals surface area contributed by atoms with Crippen molar-refractivity contribution in [1.29, 1.82) is 0 Å². The predicted octanol–water partition coefficient (Wildman–Crippen LogP) is 9.97. The second kappa shape index (κ2) is 17.5. The van der Waals surface area contributed by atoms with Gasteiger partial charge in [-0.05, 0) is 72.9 Å². The van der Waals surface area contributed by atoms with Crippen molar-refractivity contribution >= 4 is 5.97 Å². The predicted molar refractivity (Wildman–Crippen MR) is 161 cm³/mol. The second-order valence-corrected chi connectivity index (χ2v) is 10.3. The molecule has 0 amide bonds. The van der Waals surface area contributed by atoms with Crippen LogP contribution in [0.5, 0.6) is 11.5 Å². The van der Waals surface area contributed by atoms with E-state index in [1.165, 1.54) is 56.9 Å². The molecule has 39 heavy (non-hydrogen) atoms. The zero-order valence-electron chi connectivity index (χ0n) is 24.1. The number of hydrogen-bond donors (Lipinski definition) is 0. The molecule has 0 fully saturated rings. The lowest BCUT2D eigenvalue weighted by Crippen LogP contribution is -2.08. The first-order chi connectivity index (χ1) is 19.1. The molecule has 0 aliphatic heterocycles. The van der Waals surface area contributed by atoms with Crippen molar-refractivity contribution in [2.45, 2.75) is 91.1 Å². The smallest absolute Gasteiger partial charge is 0.343 e. The number of benzene rings is 3. The first-order valence-corrected chi connectivity index (χ1v) is 14.9. The molecule has 3 aromatic rings. The summed E-state index contributed by atoms with van der Waals surface area (Å²) in [6, 6.07) is 23.3. The molecule has 0 heterocycles. The maximum Gasteiger partial charge on any atom is 0.343 e. The number of ether oxygens (including phenoxy) is 3. The van der Waals surface area contributed by atoms with Gasteiger partial charge in [0.05, 0.1) is 18.3 Å². The summed E-state index contributed by atoms with van der Waals surface area (Å²) in [6.07, 6.45) is 12.4. The number of carbonyl (C=O) groups excluding carboxylic acids is 1. The zero-order chi connectivity index (χ0) is 27.7. The van der Waals surface area contributed by atoms with Gasteiger partial charge < -0.3 is 14.2 Å². The molecule has 0 aromatic heterocycles. The lowest BCUT2D eigenvalue weighted by Gasteiger charge is -2.14. The summed E-state index contributed by atoms with van der Waals surface area (Å²) in [4.78, 5) is 12.7. The number of hydrogen-bond acceptors (Lipinski definition) is 4. The standard InChI is InChI=1S/C35H46O4/c1-4-6-8-10-11-13-27-38-33-22-24-34(25-23-33)39-35(36)32-20-18-31(19-21-32)30-16-14-29(15-17-30)28(3)37-26-12-9-7-5-2/h14-25,28H,4-13,26-27H2,1-3H3. The van der Waals surface area contributed by atoms with Crippen LogP contribution in [-0.4, -0.2) is 19.2 Å². The van der Waals surface area contributed by atoms with Gasteiger partial charge in [0.2, 0.25) is 0 Å². The number of esters is 1. The van der Waals surface area contributed by atoms with Gasteiger partial charge in [0, 0.05) is 6.61 Å². The Kier molecular flexibility index (Phi) is 13.6. The van der Waals surface area contributed by atoms with E-state index in [1.54, 1.807) is 12.1 Å². The van der Waals surface area contributed by atoms with Crippen molar-refractivity contribution in [3.63, 3.8) is 0 Å². The van der Waals surface area contributed by atoms with E-state index < -0.39 is 0 Å². The van der Waals surface area contributed by atoms with Gasteiger partial charge in [-0.2, -0.15) is 0 Å². The van der Waals surface area contributed by atoms with Gasteiger partial charge in [-0.15, -0.1) is 0 Å². The SMILES string of the molecule is CCCCCCCCOc1ccc(OC(=O)c2ccc(-c3ccc(C(C)OCCCCCC)cc3)cc2)cc1. The minimum absolute atomic E-state index is 0.0822. The third-order valence-corrected chi connectivity index (χ3v) is 7.00. The van der Waals surface area contributed by atoms with E-state index in [1.807, 2.05) is 36.4 Å². The van der Waals surface area contributed by atoms with Gasteiger partial charge in [0.1, 0.15) is 11.5 Å². The fourth-order valence-corrected chi connectivity index (χ4v) is 4.47. The van der Waals surface area contributed by atoms with E-state index in [4.69, 9.17) is 14.2 Å². The summed E-state index contributed by atoms with van der Waals surface area (Å²) in [7, 11) is 0. The van der Waals surface area contributed by atoms with Crippen LogP contribution in [0.2, 0.25) is 0 Å². The van der Waals surface area contributed by atoms with Gasteiger partial charge in [-0.25, -0.2) is 4.79 Å². The third-order valence-electron chi connectivity index (χ3n) is 7.00. The van der Waals surface area contributed by atoms with E-state index in [0.717, 1.165) is 36.3 Å². The topological polar surface area (TPSA) is 44.8 Å². The summed E-state index contributed by atoms with van der Waals surface area (Å²) < 4.78 is 17.4. The number of unbranched alkanes of at least 4 members (excludes halogenated alkanes) is 8. The maximum atomic E-state index is 12.7. The van der Waals surface area contributed by atoms with E-state index in [9.17, 15) is 4.79 Å². The van der Waals surface area contributed by atoms with Crippen LogP contribution in [0.4, 0.5) is 0 Å². The van der Waals surface area contributed by atoms with Crippen molar-refractivity contribution in [2.75, 3.05) is 13.2 Å². The number of rotatable bonds is 18. The molecule has 3 aromatic carbocycles. The molecule has 0 bridgehead atoms. The van der Waals surface area contributed by atoms with Crippen LogP contribution in [-0.2, 0) is 4.74 Å². The van der Waals surface area contributed by atoms with Crippen molar-refractivity contribution in [3.05, 3.63) is 83.9 Å². The molecule has 1 atom stereocenters. The van der Waals surface area contributed by atoms with Gasteiger partial charge >= 0.3 is 5.97 Å². The molecular weight excluding hydrogens is 484 g/mol. The normalized spacial score (nSPS) is 11.8. The molecule has 0 spiro atoms. The van der Waals surface area contributed by atoms with Gasteiger partial charge in [0.15, 0.2) is 0 Å². The Labute approximate surface area is 235 Å². The Hall–Kier alpha value is -3.11. The largest absolute Gasteiger partial charge is 0.494 e. The molecule has 0 N–H and O–H groups in total. The van der Waals surface area contributed by atoms with E-state index in [0.29, 0.717) is 17.9 Å². The molecule has 0 radical (unpaired) electrons. The highest BCUT2D eigenvalue weighted by atomic mass is 16.5. The molecule has 0 saturated heterocycles. The molecule has 4 heteroatoms. The molecule has 1 unspecified atom stereocenters. The Morgan fingerprint density at radius 3 is 1.77 bits per heavy atom. The Morgan fingerprint density at radius 1 is 0.615 bits per heavy atom. The second-order valence-electron chi connectivity index (χ2n) is 10.3. The van der Waals surface area contributed by atoms with E-state index in [2.05, 4.69) is 45.0 Å². The minimum atomic E-state index is -0.373. The van der Waals surface area contributed by atoms with Crippen LogP contribution in [0, 0.1) is 0 Å². The van der Waals surface area contributed by atoms with Gasteiger partial charge in [0.25, 0.3) is 0 Å². The van der Waals surface area contributed by atoms with Crippen molar-refractivity contribution in [1.82, 2.24) is 0 Å². The average molecular weight is 531 g/mol. The first kappa shape index (κ1) is 30.4. The maximum absolute atomic E-state index is 12.7. The molecule has 4 nitrogen and oxygen atoms in total. The molecule has 0 aliphatic rings. The highest BCUT2D eigenvalue weighted by Gasteiger charge is 2.10. The molecular formula is C35H46O4. The van der Waals surface area contributed by atoms with E-state index in [-0.39, 0.29) is 12.1 Å². The quantitative estimate of drug-likeness (QED) is 0.0932. The Morgan fingerprint density at radius 2 is 1.13 bits per heavy atom. The van der Waals surface area contributed by atoms with Crippen molar-refractivity contribution in [2.24, 2.45) is 0 Å². The fraction of sp³-hybridized carbons (Fsp3) is 0.457. The Bertz CT molecular complexity index is 1070. The first-order valence-electron chi connectivity index (χ1n) is 14.9. The highest BCUT2D eigenvalue weighted by molar-refractivity contribution is 5.91. The monoisotopic (exact) mass is 530 g/mol. The molecule has 3 rings (SSSR count).